The zero-order valence-corrected chi connectivity index (χ0v) is 18.7. The molecule has 1 fully saturated rings. The van der Waals surface area contributed by atoms with Gasteiger partial charge in [0.25, 0.3) is 0 Å². The Balaban J connectivity index is 1.93. The van der Waals surface area contributed by atoms with Gasteiger partial charge in [-0.05, 0) is 44.3 Å². The number of ether oxygens (including phenoxy) is 3. The van der Waals surface area contributed by atoms with Gasteiger partial charge in [-0.2, -0.15) is 0 Å². The van der Waals surface area contributed by atoms with Crippen LogP contribution in [0.15, 0.2) is 24.3 Å². The van der Waals surface area contributed by atoms with E-state index in [1.54, 1.807) is 7.11 Å². The number of hydrogen-bond donors (Lipinski definition) is 0. The lowest BCUT2D eigenvalue weighted by Crippen LogP contribution is -2.53. The Morgan fingerprint density at radius 1 is 1.15 bits per heavy atom. The molecule has 0 saturated carbocycles. The largest absolute Gasteiger partial charge is 0.497 e. The fraction of sp³-hybridized carbons (Fsp3) is 0.667. The molecule has 6 heteroatoms. The molecule has 1 aliphatic rings. The van der Waals surface area contributed by atoms with Gasteiger partial charge < -0.3 is 18.6 Å². The predicted octanol–water partition coefficient (Wildman–Crippen LogP) is 4.27. The summed E-state index contributed by atoms with van der Waals surface area (Å²) in [6.07, 6.45) is -0.0593. The molecule has 0 aliphatic carbocycles. The molecule has 1 aromatic rings. The van der Waals surface area contributed by atoms with E-state index in [-0.39, 0.29) is 35.9 Å². The van der Waals surface area contributed by atoms with Gasteiger partial charge in [0.15, 0.2) is 8.32 Å². The van der Waals surface area contributed by atoms with Crippen LogP contribution in [0.25, 0.3) is 0 Å². The molecule has 1 aliphatic heterocycles. The minimum absolute atomic E-state index is 0.00749. The lowest BCUT2D eigenvalue weighted by Gasteiger charge is -2.43. The van der Waals surface area contributed by atoms with Crippen LogP contribution in [0.5, 0.6) is 5.75 Å². The average Bonchev–Trinajstić information content (AvgIpc) is 2.63. The summed E-state index contributed by atoms with van der Waals surface area (Å²) in [6.45, 7) is 13.9. The van der Waals surface area contributed by atoms with Gasteiger partial charge in [-0.15, -0.1) is 0 Å². The van der Waals surface area contributed by atoms with Crippen molar-refractivity contribution >= 4 is 14.3 Å². The molecule has 5 atom stereocenters. The number of carbonyl (C=O) groups excluding carboxylic acids is 1. The first-order valence-corrected chi connectivity index (χ1v) is 13.1. The summed E-state index contributed by atoms with van der Waals surface area (Å²) in [5.41, 5.74) is 1.11. The van der Waals surface area contributed by atoms with Gasteiger partial charge in [-0.25, -0.2) is 0 Å². The standard InChI is InChI=1S/C21H34O5Si/c1-14(12-24-13-17-8-10-18(23-4)11-9-17)19(26-27(5,6)7)15(2)20-16(3)21(22)25-20/h8-11,14-16,19-20H,12-13H2,1-7H3/t14-,15+,16+,19-,20+/m0/s1. The van der Waals surface area contributed by atoms with Crippen LogP contribution in [0.3, 0.4) is 0 Å². The third-order valence-corrected chi connectivity index (χ3v) is 5.99. The molecule has 0 radical (unpaired) electrons. The molecule has 0 unspecified atom stereocenters. The van der Waals surface area contributed by atoms with Crippen molar-refractivity contribution in [2.24, 2.45) is 17.8 Å². The number of carbonyl (C=O) groups is 1. The molecule has 0 N–H and O–H groups in total. The van der Waals surface area contributed by atoms with Crippen molar-refractivity contribution in [3.05, 3.63) is 29.8 Å². The van der Waals surface area contributed by atoms with Gasteiger partial charge in [0.1, 0.15) is 11.9 Å². The first-order chi connectivity index (χ1) is 12.6. The van der Waals surface area contributed by atoms with Gasteiger partial charge in [0, 0.05) is 11.8 Å². The van der Waals surface area contributed by atoms with Crippen LogP contribution in [-0.2, 0) is 25.3 Å². The molecule has 0 bridgehead atoms. The monoisotopic (exact) mass is 394 g/mol. The molecule has 1 aromatic carbocycles. The second-order valence-corrected chi connectivity index (χ2v) is 13.0. The minimum Gasteiger partial charge on any atom is -0.497 e. The number of benzene rings is 1. The number of hydrogen-bond acceptors (Lipinski definition) is 5. The van der Waals surface area contributed by atoms with Crippen LogP contribution in [0.2, 0.25) is 19.6 Å². The van der Waals surface area contributed by atoms with Crippen molar-refractivity contribution in [2.45, 2.75) is 59.2 Å². The number of rotatable bonds is 10. The fourth-order valence-electron chi connectivity index (χ4n) is 3.48. The van der Waals surface area contributed by atoms with E-state index >= 15 is 0 Å². The predicted molar refractivity (Wildman–Crippen MR) is 108 cm³/mol. The summed E-state index contributed by atoms with van der Waals surface area (Å²) in [5, 5.41) is 0. The van der Waals surface area contributed by atoms with Crippen molar-refractivity contribution in [3.8, 4) is 5.75 Å². The number of esters is 1. The molecule has 0 spiro atoms. The van der Waals surface area contributed by atoms with E-state index in [9.17, 15) is 4.79 Å². The van der Waals surface area contributed by atoms with Crippen LogP contribution in [-0.4, -0.2) is 40.2 Å². The van der Waals surface area contributed by atoms with Crippen molar-refractivity contribution in [3.63, 3.8) is 0 Å². The highest BCUT2D eigenvalue weighted by molar-refractivity contribution is 6.69. The molecule has 1 heterocycles. The van der Waals surface area contributed by atoms with E-state index in [4.69, 9.17) is 18.6 Å². The Morgan fingerprint density at radius 3 is 2.26 bits per heavy atom. The van der Waals surface area contributed by atoms with E-state index in [0.717, 1.165) is 11.3 Å². The first kappa shape index (κ1) is 21.9. The number of cyclic esters (lactones) is 1. The van der Waals surface area contributed by atoms with Crippen molar-refractivity contribution < 1.29 is 23.4 Å². The van der Waals surface area contributed by atoms with Gasteiger partial charge >= 0.3 is 5.97 Å². The van der Waals surface area contributed by atoms with Crippen molar-refractivity contribution in [1.82, 2.24) is 0 Å². The maximum atomic E-state index is 11.5. The summed E-state index contributed by atoms with van der Waals surface area (Å²) in [5.74, 6) is 1.02. The maximum absolute atomic E-state index is 11.5. The summed E-state index contributed by atoms with van der Waals surface area (Å²) in [4.78, 5) is 11.5. The van der Waals surface area contributed by atoms with Gasteiger partial charge in [0.05, 0.1) is 32.3 Å². The third kappa shape index (κ3) is 6.06. The van der Waals surface area contributed by atoms with Crippen LogP contribution >= 0.6 is 0 Å². The van der Waals surface area contributed by atoms with Gasteiger partial charge in [-0.3, -0.25) is 4.79 Å². The summed E-state index contributed by atoms with van der Waals surface area (Å²) in [7, 11) is -0.0830. The Bertz CT molecular complexity index is 610. The fourth-order valence-corrected chi connectivity index (χ4v) is 4.75. The zero-order valence-electron chi connectivity index (χ0n) is 17.7. The highest BCUT2D eigenvalue weighted by Crippen LogP contribution is 2.34. The van der Waals surface area contributed by atoms with Crippen molar-refractivity contribution in [1.29, 1.82) is 0 Å². The first-order valence-electron chi connectivity index (χ1n) is 9.71. The van der Waals surface area contributed by atoms with Crippen LogP contribution in [0, 0.1) is 17.8 Å². The molecule has 27 heavy (non-hydrogen) atoms. The van der Waals surface area contributed by atoms with E-state index in [2.05, 4.69) is 33.5 Å². The molecular weight excluding hydrogens is 360 g/mol. The highest BCUT2D eigenvalue weighted by atomic mass is 28.4. The Morgan fingerprint density at radius 2 is 1.78 bits per heavy atom. The Labute approximate surface area is 164 Å². The minimum atomic E-state index is -1.74. The average molecular weight is 395 g/mol. The Hall–Kier alpha value is -1.37. The van der Waals surface area contributed by atoms with Crippen LogP contribution in [0.4, 0.5) is 0 Å². The normalized spacial score (nSPS) is 23.1. The van der Waals surface area contributed by atoms with Crippen molar-refractivity contribution in [2.75, 3.05) is 13.7 Å². The molecule has 1 saturated heterocycles. The Kier molecular flexibility index (Phi) is 7.48. The van der Waals surface area contributed by atoms with E-state index in [1.165, 1.54) is 0 Å². The second-order valence-electron chi connectivity index (χ2n) is 8.58. The lowest BCUT2D eigenvalue weighted by atomic mass is 9.81. The van der Waals surface area contributed by atoms with Gasteiger partial charge in [0.2, 0.25) is 0 Å². The summed E-state index contributed by atoms with van der Waals surface area (Å²) in [6, 6.07) is 7.90. The van der Waals surface area contributed by atoms with Gasteiger partial charge in [-0.1, -0.05) is 26.0 Å². The lowest BCUT2D eigenvalue weighted by molar-refractivity contribution is -0.194. The van der Waals surface area contributed by atoms with E-state index in [1.807, 2.05) is 31.2 Å². The van der Waals surface area contributed by atoms with E-state index in [0.29, 0.717) is 13.2 Å². The number of methoxy groups -OCH3 is 1. The molecule has 0 aromatic heterocycles. The van der Waals surface area contributed by atoms with Crippen LogP contribution < -0.4 is 4.74 Å². The SMILES string of the molecule is COc1ccc(COC[C@H](C)[C@H](O[Si](C)(C)C)[C@@H](C)[C@H]2OC(=O)[C@@H]2C)cc1. The topological polar surface area (TPSA) is 54.0 Å². The molecule has 5 nitrogen and oxygen atoms in total. The molecule has 0 amide bonds. The zero-order chi connectivity index (χ0) is 20.2. The molecule has 152 valence electrons. The molecule has 2 rings (SSSR count). The quantitative estimate of drug-likeness (QED) is 0.438. The van der Waals surface area contributed by atoms with Crippen LogP contribution in [0.1, 0.15) is 26.3 Å². The van der Waals surface area contributed by atoms with E-state index < -0.39 is 8.32 Å². The maximum Gasteiger partial charge on any atom is 0.312 e. The molecular formula is C21H34O5Si. The highest BCUT2D eigenvalue weighted by Gasteiger charge is 2.46. The smallest absolute Gasteiger partial charge is 0.312 e. The summed E-state index contributed by atoms with van der Waals surface area (Å²) >= 11 is 0. The third-order valence-electron chi connectivity index (χ3n) is 5.01. The second kappa shape index (κ2) is 9.21. The summed E-state index contributed by atoms with van der Waals surface area (Å²) < 4.78 is 23.0.